The van der Waals surface area contributed by atoms with E-state index < -0.39 is 0 Å². The average Bonchev–Trinajstić information content (AvgIpc) is 2.62. The predicted molar refractivity (Wildman–Crippen MR) is 95.8 cm³/mol. The van der Waals surface area contributed by atoms with Crippen LogP contribution in [0, 0.1) is 6.92 Å². The molecule has 0 fully saturated rings. The van der Waals surface area contributed by atoms with Gasteiger partial charge in [0, 0.05) is 17.0 Å². The number of aromatic hydroxyl groups is 2. The first-order valence-corrected chi connectivity index (χ1v) is 7.89. The van der Waals surface area contributed by atoms with Crippen LogP contribution in [0.4, 0.5) is 0 Å². The van der Waals surface area contributed by atoms with E-state index in [9.17, 15) is 10.2 Å². The van der Waals surface area contributed by atoms with Gasteiger partial charge in [-0.15, -0.1) is 0 Å². The van der Waals surface area contributed by atoms with E-state index in [1.165, 1.54) is 14.2 Å². The van der Waals surface area contributed by atoms with Crippen LogP contribution >= 0.6 is 0 Å². The lowest BCUT2D eigenvalue weighted by Crippen LogP contribution is -3.00. The Bertz CT molecular complexity index is 1160. The molecule has 0 saturated carbocycles. The minimum Gasteiger partial charge on any atom is -1.00 e. The fourth-order valence-corrected chi connectivity index (χ4v) is 3.45. The van der Waals surface area contributed by atoms with Crippen LogP contribution in [-0.2, 0) is 0 Å². The minimum absolute atomic E-state index is 0. The van der Waals surface area contributed by atoms with Crippen LogP contribution in [0.3, 0.4) is 0 Å². The molecule has 0 aliphatic carbocycles. The number of halogens is 1. The Kier molecular flexibility index (Phi) is 4.54. The van der Waals surface area contributed by atoms with Gasteiger partial charge in [0.05, 0.1) is 25.0 Å². The topological polar surface area (TPSA) is 63.0 Å². The summed E-state index contributed by atoms with van der Waals surface area (Å²) in [5.41, 5.74) is 2.02. The summed E-state index contributed by atoms with van der Waals surface area (Å²) in [6.45, 7) is 2.02. The number of nitrogens with zero attached hydrogens (tertiary/aromatic N) is 1. The summed E-state index contributed by atoms with van der Waals surface area (Å²) in [4.78, 5) is 0. The van der Waals surface area contributed by atoms with Gasteiger partial charge in [-0.2, -0.15) is 4.40 Å². The summed E-state index contributed by atoms with van der Waals surface area (Å²) in [5.74, 6) is 1.11. The highest BCUT2D eigenvalue weighted by atomic mass is 79.9. The molecular weight excluding hydrogens is 398 g/mol. The maximum atomic E-state index is 10.5. The largest absolute Gasteiger partial charge is 1.00 e. The van der Waals surface area contributed by atoms with E-state index in [1.54, 1.807) is 12.1 Å². The maximum Gasteiger partial charge on any atom is 0.222 e. The number of aromatic nitrogens is 1. The van der Waals surface area contributed by atoms with Gasteiger partial charge in [0.25, 0.3) is 0 Å². The van der Waals surface area contributed by atoms with Crippen LogP contribution in [0.2, 0.25) is 0 Å². The van der Waals surface area contributed by atoms with Crippen molar-refractivity contribution in [3.63, 3.8) is 0 Å². The third kappa shape index (κ3) is 2.49. The van der Waals surface area contributed by atoms with Crippen LogP contribution in [0.15, 0.2) is 42.7 Å². The molecule has 6 heteroatoms. The van der Waals surface area contributed by atoms with Crippen LogP contribution in [-0.4, -0.2) is 24.4 Å². The van der Waals surface area contributed by atoms with Gasteiger partial charge < -0.3 is 36.7 Å². The quantitative estimate of drug-likeness (QED) is 0.284. The third-order valence-corrected chi connectivity index (χ3v) is 4.71. The van der Waals surface area contributed by atoms with E-state index in [2.05, 4.69) is 0 Å². The smallest absolute Gasteiger partial charge is 0.222 e. The lowest BCUT2D eigenvalue weighted by atomic mass is 10.0. The summed E-state index contributed by atoms with van der Waals surface area (Å²) in [6.07, 6.45) is 3.79. The van der Waals surface area contributed by atoms with Crippen LogP contribution < -0.4 is 30.9 Å². The standard InChI is InChI=1S/C20H17NO4.BrH/c1-11-13-4-5-17(24-2)20(23)15(13)10-21-7-6-12-8-16(22)18(25-3)9-14(12)19(11)21;/h4-10H,1-3H3,(H,22,23);1H. The lowest BCUT2D eigenvalue weighted by molar-refractivity contribution is -0.509. The second-order valence-corrected chi connectivity index (χ2v) is 6.01. The first-order valence-electron chi connectivity index (χ1n) is 7.89. The highest BCUT2D eigenvalue weighted by molar-refractivity contribution is 6.03. The van der Waals surface area contributed by atoms with E-state index >= 15 is 0 Å². The summed E-state index contributed by atoms with van der Waals surface area (Å²) in [5, 5.41) is 24.1. The van der Waals surface area contributed by atoms with Gasteiger partial charge in [0.1, 0.15) is 0 Å². The molecule has 4 aromatic rings. The molecule has 2 aromatic carbocycles. The number of rotatable bonds is 2. The van der Waals surface area contributed by atoms with Gasteiger partial charge >= 0.3 is 0 Å². The zero-order chi connectivity index (χ0) is 17.7. The molecule has 0 spiro atoms. The molecule has 0 unspecified atom stereocenters. The molecule has 4 rings (SSSR count). The van der Waals surface area contributed by atoms with Gasteiger partial charge in [-0.05, 0) is 36.6 Å². The number of pyridine rings is 2. The van der Waals surface area contributed by atoms with Crippen molar-refractivity contribution >= 4 is 27.1 Å². The number of ether oxygens (including phenoxy) is 2. The maximum absolute atomic E-state index is 10.5. The van der Waals surface area contributed by atoms with Crippen molar-refractivity contribution < 1.29 is 41.1 Å². The normalized spacial score (nSPS) is 10.9. The van der Waals surface area contributed by atoms with Crippen LogP contribution in [0.1, 0.15) is 5.56 Å². The Morgan fingerprint density at radius 3 is 2.31 bits per heavy atom. The SMILES string of the molecule is COc1cc2c(cc[n+]3cc4c(O)c(OC)ccc4c(C)c23)cc1O.[Br-]. The molecular formula is C20H18BrNO4. The van der Waals surface area contributed by atoms with Gasteiger partial charge in [-0.1, -0.05) is 0 Å². The highest BCUT2D eigenvalue weighted by Crippen LogP contribution is 2.38. The first kappa shape index (κ1) is 18.1. The van der Waals surface area contributed by atoms with Crippen LogP contribution in [0.25, 0.3) is 27.1 Å². The number of aryl methyl sites for hydroxylation is 1. The third-order valence-electron chi connectivity index (χ3n) is 4.71. The predicted octanol–water partition coefficient (Wildman–Crippen LogP) is 0.473. The zero-order valence-corrected chi connectivity index (χ0v) is 16.2. The number of benzene rings is 2. The van der Waals surface area contributed by atoms with Crippen molar-refractivity contribution in [2.24, 2.45) is 0 Å². The van der Waals surface area contributed by atoms with Crippen molar-refractivity contribution in [3.05, 3.63) is 48.3 Å². The molecule has 0 aliphatic heterocycles. The molecule has 2 aromatic heterocycles. The molecule has 134 valence electrons. The Morgan fingerprint density at radius 2 is 1.62 bits per heavy atom. The number of hydrogen-bond acceptors (Lipinski definition) is 4. The van der Waals surface area contributed by atoms with Crippen molar-refractivity contribution in [2.45, 2.75) is 6.92 Å². The second-order valence-electron chi connectivity index (χ2n) is 6.01. The Labute approximate surface area is 160 Å². The van der Waals surface area contributed by atoms with E-state index in [-0.39, 0.29) is 28.5 Å². The number of fused-ring (bicyclic) bond motifs is 4. The lowest BCUT2D eigenvalue weighted by Gasteiger charge is -2.10. The second kappa shape index (κ2) is 6.53. The van der Waals surface area contributed by atoms with Crippen molar-refractivity contribution in [3.8, 4) is 23.0 Å². The number of hydrogen-bond donors (Lipinski definition) is 2. The van der Waals surface area contributed by atoms with Gasteiger partial charge in [-0.3, -0.25) is 0 Å². The van der Waals surface area contributed by atoms with E-state index in [4.69, 9.17) is 9.47 Å². The zero-order valence-electron chi connectivity index (χ0n) is 14.6. The fraction of sp³-hybridized carbons (Fsp3) is 0.150. The molecule has 0 bridgehead atoms. The highest BCUT2D eigenvalue weighted by Gasteiger charge is 2.19. The average molecular weight is 416 g/mol. The molecule has 0 saturated heterocycles. The summed E-state index contributed by atoms with van der Waals surface area (Å²) in [6, 6.07) is 9.16. The summed E-state index contributed by atoms with van der Waals surface area (Å²) in [7, 11) is 3.07. The molecule has 26 heavy (non-hydrogen) atoms. The van der Waals surface area contributed by atoms with E-state index in [1.807, 2.05) is 41.9 Å². The fourth-order valence-electron chi connectivity index (χ4n) is 3.45. The molecule has 2 N–H and O–H groups in total. The van der Waals surface area contributed by atoms with Crippen molar-refractivity contribution in [2.75, 3.05) is 14.2 Å². The molecule has 0 atom stereocenters. The number of phenols is 2. The monoisotopic (exact) mass is 415 g/mol. The minimum atomic E-state index is 0. The summed E-state index contributed by atoms with van der Waals surface area (Å²) < 4.78 is 12.4. The number of methoxy groups -OCH3 is 2. The van der Waals surface area contributed by atoms with Gasteiger partial charge in [0.15, 0.2) is 35.4 Å². The molecule has 0 aliphatic rings. The van der Waals surface area contributed by atoms with Gasteiger partial charge in [0.2, 0.25) is 5.52 Å². The van der Waals surface area contributed by atoms with E-state index in [0.29, 0.717) is 11.5 Å². The number of phenolic OH excluding ortho intramolecular Hbond substituents is 2. The van der Waals surface area contributed by atoms with Crippen molar-refractivity contribution in [1.82, 2.24) is 0 Å². The van der Waals surface area contributed by atoms with Crippen molar-refractivity contribution in [1.29, 1.82) is 0 Å². The molecule has 5 nitrogen and oxygen atoms in total. The Morgan fingerprint density at radius 1 is 0.885 bits per heavy atom. The van der Waals surface area contributed by atoms with Gasteiger partial charge in [-0.25, -0.2) is 0 Å². The molecule has 0 amide bonds. The molecule has 0 radical (unpaired) electrons. The Balaban J connectivity index is 0.00000196. The van der Waals surface area contributed by atoms with Crippen LogP contribution in [0.5, 0.6) is 23.0 Å². The Hall–Kier alpha value is -2.73. The van der Waals surface area contributed by atoms with E-state index in [0.717, 1.165) is 32.6 Å². The first-order chi connectivity index (χ1) is 12.0. The molecule has 2 heterocycles. The summed E-state index contributed by atoms with van der Waals surface area (Å²) >= 11 is 0.